The Morgan fingerprint density at radius 2 is 1.23 bits per heavy atom. The zero-order valence-corrected chi connectivity index (χ0v) is 20.9. The number of alkyl carbamates (subject to hydrolysis) is 1. The Morgan fingerprint density at radius 3 is 1.81 bits per heavy atom. The van der Waals surface area contributed by atoms with Gasteiger partial charge in [0.25, 0.3) is 0 Å². The molecule has 0 aliphatic heterocycles. The van der Waals surface area contributed by atoms with Crippen LogP contribution in [-0.4, -0.2) is 30.7 Å². The summed E-state index contributed by atoms with van der Waals surface area (Å²) in [5.41, 5.74) is -0.484. The molecule has 2 N–H and O–H groups in total. The van der Waals surface area contributed by atoms with Gasteiger partial charge < -0.3 is 15.4 Å². The Kier molecular flexibility index (Phi) is 19.4. The molecule has 5 heteroatoms. The second kappa shape index (κ2) is 20.4. The monoisotopic (exact) mass is 438 g/mol. The predicted octanol–water partition coefficient (Wildman–Crippen LogP) is 7.05. The molecule has 31 heavy (non-hydrogen) atoms. The average Bonchev–Trinajstić information content (AvgIpc) is 2.69. The summed E-state index contributed by atoms with van der Waals surface area (Å²) >= 11 is 0. The van der Waals surface area contributed by atoms with Crippen molar-refractivity contribution < 1.29 is 14.3 Å². The first-order valence-electron chi connectivity index (χ1n) is 12.7. The van der Waals surface area contributed by atoms with E-state index in [9.17, 15) is 9.59 Å². The van der Waals surface area contributed by atoms with E-state index in [0.717, 1.165) is 12.8 Å². The number of nitrogens with one attached hydrogen (secondary N) is 2. The van der Waals surface area contributed by atoms with Gasteiger partial charge in [-0.3, -0.25) is 4.79 Å². The lowest BCUT2D eigenvalue weighted by Gasteiger charge is -2.19. The fourth-order valence-electron chi connectivity index (χ4n) is 3.27. The van der Waals surface area contributed by atoms with Gasteiger partial charge in [-0.1, -0.05) is 70.4 Å². The number of unbranched alkanes of at least 4 members (excludes halogenated alkanes) is 11. The molecule has 0 heterocycles. The molecule has 0 aromatic carbocycles. The summed E-state index contributed by atoms with van der Waals surface area (Å²) in [6.45, 7) is 8.85. The Hall–Kier alpha value is -1.52. The molecule has 0 fully saturated rings. The van der Waals surface area contributed by atoms with Gasteiger partial charge in [-0.2, -0.15) is 0 Å². The van der Waals surface area contributed by atoms with E-state index >= 15 is 0 Å². The van der Waals surface area contributed by atoms with Crippen LogP contribution in [0.4, 0.5) is 4.79 Å². The van der Waals surface area contributed by atoms with Crippen LogP contribution in [0.5, 0.6) is 0 Å². The van der Waals surface area contributed by atoms with Gasteiger partial charge in [-0.25, -0.2) is 4.79 Å². The number of carbonyl (C=O) groups excluding carboxylic acids is 2. The minimum Gasteiger partial charge on any atom is -0.444 e. The number of hydrogen-bond donors (Lipinski definition) is 2. The van der Waals surface area contributed by atoms with E-state index in [0.29, 0.717) is 25.9 Å². The molecule has 182 valence electrons. The lowest BCUT2D eigenvalue weighted by molar-refractivity contribution is -0.121. The van der Waals surface area contributed by atoms with Crippen molar-refractivity contribution in [1.82, 2.24) is 10.6 Å². The lowest BCUT2D eigenvalue weighted by atomic mass is 10.1. The molecule has 0 spiro atoms. The van der Waals surface area contributed by atoms with E-state index in [-0.39, 0.29) is 5.91 Å². The molecule has 0 aliphatic rings. The van der Waals surface area contributed by atoms with Crippen molar-refractivity contribution in [2.75, 3.05) is 13.1 Å². The Balaban J connectivity index is 3.34. The van der Waals surface area contributed by atoms with Gasteiger partial charge >= 0.3 is 6.09 Å². The second-order valence-corrected chi connectivity index (χ2v) is 9.47. The maximum Gasteiger partial charge on any atom is 0.407 e. The number of hydrogen-bond acceptors (Lipinski definition) is 3. The van der Waals surface area contributed by atoms with E-state index in [2.05, 4.69) is 29.7 Å². The fraction of sp³-hybridized carbons (Fsp3) is 0.846. The first kappa shape index (κ1) is 29.5. The molecule has 0 aromatic heterocycles. The van der Waals surface area contributed by atoms with Crippen molar-refractivity contribution >= 4 is 12.0 Å². The molecule has 2 amide bonds. The number of allylic oxidation sites excluding steroid dienone is 2. The van der Waals surface area contributed by atoms with Gasteiger partial charge in [0, 0.05) is 19.5 Å². The maximum absolute atomic E-state index is 11.8. The van der Waals surface area contributed by atoms with Crippen molar-refractivity contribution in [2.45, 2.75) is 130 Å². The number of amides is 2. The second-order valence-electron chi connectivity index (χ2n) is 9.47. The number of carbonyl (C=O) groups is 2. The summed E-state index contributed by atoms with van der Waals surface area (Å²) in [6.07, 6.45) is 22.0. The van der Waals surface area contributed by atoms with Crippen LogP contribution in [0, 0.1) is 0 Å². The molecule has 0 rings (SSSR count). The normalized spacial score (nSPS) is 11.6. The highest BCUT2D eigenvalue weighted by Crippen LogP contribution is 2.10. The summed E-state index contributed by atoms with van der Waals surface area (Å²) in [5, 5.41) is 5.61. The Bertz CT molecular complexity index is 470. The number of ether oxygens (including phenoxy) is 1. The van der Waals surface area contributed by atoms with Crippen LogP contribution in [-0.2, 0) is 9.53 Å². The van der Waals surface area contributed by atoms with Gasteiger partial charge in [-0.05, 0) is 59.3 Å². The molecule has 0 aliphatic carbocycles. The van der Waals surface area contributed by atoms with E-state index in [1.165, 1.54) is 70.6 Å². The highest BCUT2D eigenvalue weighted by molar-refractivity contribution is 5.75. The van der Waals surface area contributed by atoms with Crippen molar-refractivity contribution in [3.8, 4) is 0 Å². The van der Waals surface area contributed by atoms with Crippen LogP contribution in [0.25, 0.3) is 0 Å². The van der Waals surface area contributed by atoms with E-state index in [1.807, 2.05) is 20.8 Å². The molecule has 0 aromatic rings. The van der Waals surface area contributed by atoms with Crippen molar-refractivity contribution in [2.24, 2.45) is 0 Å². The van der Waals surface area contributed by atoms with Gasteiger partial charge in [0.2, 0.25) is 5.91 Å². The summed E-state index contributed by atoms with van der Waals surface area (Å²) in [4.78, 5) is 23.3. The summed E-state index contributed by atoms with van der Waals surface area (Å²) in [6, 6.07) is 0. The van der Waals surface area contributed by atoms with Crippen molar-refractivity contribution in [3.63, 3.8) is 0 Å². The summed E-state index contributed by atoms with van der Waals surface area (Å²) in [5.74, 6) is 0.106. The van der Waals surface area contributed by atoms with Crippen LogP contribution in [0.2, 0.25) is 0 Å². The quantitative estimate of drug-likeness (QED) is 0.168. The highest BCUT2D eigenvalue weighted by atomic mass is 16.6. The smallest absolute Gasteiger partial charge is 0.407 e. The Labute approximate surface area is 192 Å². The molecular weight excluding hydrogens is 388 g/mol. The molecule has 0 saturated carbocycles. The van der Waals surface area contributed by atoms with Crippen LogP contribution >= 0.6 is 0 Å². The third-order valence-corrected chi connectivity index (χ3v) is 5.01. The third kappa shape index (κ3) is 24.6. The maximum atomic E-state index is 11.8. The molecule has 0 unspecified atom stereocenters. The summed E-state index contributed by atoms with van der Waals surface area (Å²) < 4.78 is 5.16. The standard InChI is InChI=1S/C26H50N2O3/c1-5-6-7-8-9-10-11-12-13-14-15-16-17-18-19-21-24(29)27-22-20-23-28-25(30)31-26(2,3)4/h12-13H,5-11,14-23H2,1-4H3,(H,27,29)(H,28,30)/b13-12-. The SMILES string of the molecule is CCCCCCCC/C=C\CCCCCCCC(=O)NCCCNC(=O)OC(C)(C)C. The molecule has 0 atom stereocenters. The van der Waals surface area contributed by atoms with Crippen LogP contribution in [0.1, 0.15) is 124 Å². The largest absolute Gasteiger partial charge is 0.444 e. The topological polar surface area (TPSA) is 67.4 Å². The fourth-order valence-corrected chi connectivity index (χ4v) is 3.27. The average molecular weight is 439 g/mol. The van der Waals surface area contributed by atoms with E-state index in [1.54, 1.807) is 0 Å². The predicted molar refractivity (Wildman–Crippen MR) is 131 cm³/mol. The lowest BCUT2D eigenvalue weighted by Crippen LogP contribution is -2.34. The van der Waals surface area contributed by atoms with Crippen molar-refractivity contribution in [1.29, 1.82) is 0 Å². The van der Waals surface area contributed by atoms with Crippen LogP contribution in [0.3, 0.4) is 0 Å². The minimum absolute atomic E-state index is 0.106. The third-order valence-electron chi connectivity index (χ3n) is 5.01. The van der Waals surface area contributed by atoms with Crippen LogP contribution < -0.4 is 10.6 Å². The minimum atomic E-state index is -0.484. The van der Waals surface area contributed by atoms with Crippen LogP contribution in [0.15, 0.2) is 12.2 Å². The highest BCUT2D eigenvalue weighted by Gasteiger charge is 2.15. The number of rotatable bonds is 19. The van der Waals surface area contributed by atoms with E-state index in [4.69, 9.17) is 4.74 Å². The summed E-state index contributed by atoms with van der Waals surface area (Å²) in [7, 11) is 0. The molecule has 0 radical (unpaired) electrons. The van der Waals surface area contributed by atoms with Gasteiger partial charge in [0.15, 0.2) is 0 Å². The first-order valence-corrected chi connectivity index (χ1v) is 12.7. The molecule has 0 bridgehead atoms. The molecule has 5 nitrogen and oxygen atoms in total. The van der Waals surface area contributed by atoms with E-state index < -0.39 is 11.7 Å². The molecular formula is C26H50N2O3. The first-order chi connectivity index (χ1) is 14.8. The van der Waals surface area contributed by atoms with Crippen molar-refractivity contribution in [3.05, 3.63) is 12.2 Å². The van der Waals surface area contributed by atoms with Gasteiger partial charge in [0.1, 0.15) is 5.60 Å². The zero-order chi connectivity index (χ0) is 23.2. The zero-order valence-electron chi connectivity index (χ0n) is 20.9. The Morgan fingerprint density at radius 1 is 0.710 bits per heavy atom. The van der Waals surface area contributed by atoms with Gasteiger partial charge in [-0.15, -0.1) is 0 Å². The van der Waals surface area contributed by atoms with Gasteiger partial charge in [0.05, 0.1) is 0 Å². The molecule has 0 saturated heterocycles.